The van der Waals surface area contributed by atoms with Gasteiger partial charge in [0.1, 0.15) is 6.61 Å². The van der Waals surface area contributed by atoms with Crippen molar-refractivity contribution in [2.75, 3.05) is 6.61 Å². The number of hydrogen-bond acceptors (Lipinski definition) is 2. The van der Waals surface area contributed by atoms with Crippen LogP contribution in [0, 0.1) is 0 Å². The second-order valence-corrected chi connectivity index (χ2v) is 2.04. The highest BCUT2D eigenvalue weighted by Crippen LogP contribution is 2.07. The highest BCUT2D eigenvalue weighted by atomic mass is 16.5. The third-order valence-corrected chi connectivity index (χ3v) is 1.38. The van der Waals surface area contributed by atoms with Crippen molar-refractivity contribution < 1.29 is 4.74 Å². The van der Waals surface area contributed by atoms with Gasteiger partial charge in [-0.15, -0.1) is 0 Å². The average molecular weight is 125 g/mol. The van der Waals surface area contributed by atoms with E-state index in [9.17, 15) is 0 Å². The molecule has 0 amide bonds. The van der Waals surface area contributed by atoms with Crippen LogP contribution in [-0.4, -0.2) is 18.5 Å². The first kappa shape index (κ1) is 6.33. The van der Waals surface area contributed by atoms with Crippen LogP contribution in [0.5, 0.6) is 0 Å². The number of nitrogens with zero attached hydrogens (tertiary/aromatic N) is 1. The van der Waals surface area contributed by atoms with Crippen LogP contribution in [-0.2, 0) is 4.74 Å². The normalized spacial score (nSPS) is 25.0. The van der Waals surface area contributed by atoms with E-state index in [0.29, 0.717) is 11.9 Å². The van der Waals surface area contributed by atoms with Crippen LogP contribution in [0.15, 0.2) is 17.6 Å². The van der Waals surface area contributed by atoms with Gasteiger partial charge < -0.3 is 4.74 Å². The molecule has 0 N–H and O–H groups in total. The molecule has 1 aliphatic rings. The summed E-state index contributed by atoms with van der Waals surface area (Å²) in [5.41, 5.74) is 0. The van der Waals surface area contributed by atoms with Gasteiger partial charge in [-0.1, -0.05) is 13.5 Å². The van der Waals surface area contributed by atoms with Crippen molar-refractivity contribution in [1.82, 2.24) is 0 Å². The van der Waals surface area contributed by atoms with Crippen molar-refractivity contribution >= 4 is 5.90 Å². The first-order chi connectivity index (χ1) is 4.36. The minimum Gasteiger partial charge on any atom is -0.476 e. The van der Waals surface area contributed by atoms with Crippen LogP contribution < -0.4 is 0 Å². The average Bonchev–Trinajstić information content (AvgIpc) is 2.34. The van der Waals surface area contributed by atoms with E-state index in [1.807, 2.05) is 0 Å². The van der Waals surface area contributed by atoms with Crippen LogP contribution in [0.25, 0.3) is 0 Å². The SMILES string of the molecule is C=CC1=NC(CC)CO1. The fourth-order valence-electron chi connectivity index (χ4n) is 0.757. The molecule has 1 atom stereocenters. The van der Waals surface area contributed by atoms with Crippen LogP contribution in [0.2, 0.25) is 0 Å². The van der Waals surface area contributed by atoms with Crippen LogP contribution in [0.4, 0.5) is 0 Å². The molecule has 0 saturated heterocycles. The van der Waals surface area contributed by atoms with Gasteiger partial charge in [-0.25, -0.2) is 4.99 Å². The number of ether oxygens (including phenoxy) is 1. The van der Waals surface area contributed by atoms with Gasteiger partial charge in [0, 0.05) is 0 Å². The molecule has 0 bridgehead atoms. The van der Waals surface area contributed by atoms with Crippen molar-refractivity contribution in [3.63, 3.8) is 0 Å². The van der Waals surface area contributed by atoms with Gasteiger partial charge in [-0.2, -0.15) is 0 Å². The lowest BCUT2D eigenvalue weighted by atomic mass is 10.3. The maximum atomic E-state index is 5.14. The summed E-state index contributed by atoms with van der Waals surface area (Å²) >= 11 is 0. The summed E-state index contributed by atoms with van der Waals surface area (Å²) in [5, 5.41) is 0. The first-order valence-electron chi connectivity index (χ1n) is 3.20. The topological polar surface area (TPSA) is 21.6 Å². The van der Waals surface area contributed by atoms with E-state index < -0.39 is 0 Å². The van der Waals surface area contributed by atoms with E-state index >= 15 is 0 Å². The zero-order chi connectivity index (χ0) is 6.69. The summed E-state index contributed by atoms with van der Waals surface area (Å²) in [7, 11) is 0. The molecular formula is C7H11NO. The summed E-state index contributed by atoms with van der Waals surface area (Å²) < 4.78 is 5.14. The summed E-state index contributed by atoms with van der Waals surface area (Å²) in [6, 6.07) is 0.373. The Balaban J connectivity index is 2.49. The molecule has 50 valence electrons. The van der Waals surface area contributed by atoms with Crippen molar-refractivity contribution in [2.45, 2.75) is 19.4 Å². The van der Waals surface area contributed by atoms with Gasteiger partial charge >= 0.3 is 0 Å². The fourth-order valence-corrected chi connectivity index (χ4v) is 0.757. The molecule has 0 aromatic rings. The molecule has 2 nitrogen and oxygen atoms in total. The molecule has 0 aliphatic carbocycles. The molecule has 0 aromatic carbocycles. The van der Waals surface area contributed by atoms with Gasteiger partial charge in [0.15, 0.2) is 0 Å². The van der Waals surface area contributed by atoms with E-state index in [1.165, 1.54) is 0 Å². The molecule has 0 radical (unpaired) electrons. The Labute approximate surface area is 55.2 Å². The Morgan fingerprint density at radius 3 is 3.11 bits per heavy atom. The predicted molar refractivity (Wildman–Crippen MR) is 37.7 cm³/mol. The van der Waals surface area contributed by atoms with Crippen LogP contribution in [0.1, 0.15) is 13.3 Å². The van der Waals surface area contributed by atoms with Gasteiger partial charge in [0.25, 0.3) is 0 Å². The molecular weight excluding hydrogens is 114 g/mol. The smallest absolute Gasteiger partial charge is 0.208 e. The Kier molecular flexibility index (Phi) is 1.88. The van der Waals surface area contributed by atoms with E-state index in [1.54, 1.807) is 6.08 Å². The van der Waals surface area contributed by atoms with E-state index in [0.717, 1.165) is 13.0 Å². The quantitative estimate of drug-likeness (QED) is 0.546. The second kappa shape index (κ2) is 2.67. The predicted octanol–water partition coefficient (Wildman–Crippen LogP) is 1.38. The standard InChI is InChI=1S/C7H11NO/c1-3-6-5-9-7(4-2)8-6/h4,6H,2-3,5H2,1H3. The van der Waals surface area contributed by atoms with E-state index in [-0.39, 0.29) is 0 Å². The monoisotopic (exact) mass is 125 g/mol. The summed E-state index contributed by atoms with van der Waals surface area (Å²) in [4.78, 5) is 4.20. The van der Waals surface area contributed by atoms with Gasteiger partial charge in [-0.05, 0) is 12.5 Å². The largest absolute Gasteiger partial charge is 0.476 e. The maximum Gasteiger partial charge on any atom is 0.208 e. The molecule has 0 spiro atoms. The Bertz CT molecular complexity index is 140. The highest BCUT2D eigenvalue weighted by molar-refractivity contribution is 5.88. The lowest BCUT2D eigenvalue weighted by Gasteiger charge is -1.95. The molecule has 0 saturated carbocycles. The lowest BCUT2D eigenvalue weighted by molar-refractivity contribution is 0.316. The van der Waals surface area contributed by atoms with Crippen LogP contribution >= 0.6 is 0 Å². The molecule has 1 unspecified atom stereocenters. The summed E-state index contributed by atoms with van der Waals surface area (Å²) in [6.07, 6.45) is 2.70. The minimum absolute atomic E-state index is 0.373. The number of hydrogen-bond donors (Lipinski definition) is 0. The van der Waals surface area contributed by atoms with Gasteiger partial charge in [0.2, 0.25) is 5.90 Å². The Morgan fingerprint density at radius 2 is 2.78 bits per heavy atom. The molecule has 1 heterocycles. The Hall–Kier alpha value is -0.790. The lowest BCUT2D eigenvalue weighted by Crippen LogP contribution is -2.02. The zero-order valence-corrected chi connectivity index (χ0v) is 5.63. The van der Waals surface area contributed by atoms with E-state index in [2.05, 4.69) is 18.5 Å². The maximum absolute atomic E-state index is 5.14. The molecule has 1 rings (SSSR count). The minimum atomic E-state index is 0.373. The molecule has 0 fully saturated rings. The third-order valence-electron chi connectivity index (χ3n) is 1.38. The molecule has 1 aliphatic heterocycles. The first-order valence-corrected chi connectivity index (χ1v) is 3.20. The van der Waals surface area contributed by atoms with Gasteiger partial charge in [0.05, 0.1) is 6.04 Å². The summed E-state index contributed by atoms with van der Waals surface area (Å²) in [5.74, 6) is 0.696. The van der Waals surface area contributed by atoms with Crippen LogP contribution in [0.3, 0.4) is 0 Å². The van der Waals surface area contributed by atoms with Crippen molar-refractivity contribution in [3.05, 3.63) is 12.7 Å². The van der Waals surface area contributed by atoms with Crippen molar-refractivity contribution in [3.8, 4) is 0 Å². The van der Waals surface area contributed by atoms with Gasteiger partial charge in [-0.3, -0.25) is 0 Å². The van der Waals surface area contributed by atoms with Crippen molar-refractivity contribution in [1.29, 1.82) is 0 Å². The highest BCUT2D eigenvalue weighted by Gasteiger charge is 2.13. The molecule has 9 heavy (non-hydrogen) atoms. The van der Waals surface area contributed by atoms with E-state index in [4.69, 9.17) is 4.74 Å². The summed E-state index contributed by atoms with van der Waals surface area (Å²) in [6.45, 7) is 6.39. The second-order valence-electron chi connectivity index (χ2n) is 2.04. The zero-order valence-electron chi connectivity index (χ0n) is 5.63. The Morgan fingerprint density at radius 1 is 2.00 bits per heavy atom. The fraction of sp³-hybridized carbons (Fsp3) is 0.571. The molecule has 2 heteroatoms. The van der Waals surface area contributed by atoms with Crippen molar-refractivity contribution in [2.24, 2.45) is 4.99 Å². The number of rotatable bonds is 2. The third kappa shape index (κ3) is 1.31. The molecule has 0 aromatic heterocycles. The number of aliphatic imine (C=N–C) groups is 1.